The molecule has 4 heterocycles. The van der Waals surface area contributed by atoms with Crippen molar-refractivity contribution in [3.05, 3.63) is 243 Å². The lowest BCUT2D eigenvalue weighted by Crippen LogP contribution is -2.08. The van der Waals surface area contributed by atoms with Crippen LogP contribution in [0.3, 0.4) is 0 Å². The highest BCUT2D eigenvalue weighted by Gasteiger charge is 2.16. The number of anilines is 9. The van der Waals surface area contributed by atoms with E-state index in [1.807, 2.05) is 80.1 Å². The summed E-state index contributed by atoms with van der Waals surface area (Å²) < 4.78 is 58.6. The first-order valence-corrected chi connectivity index (χ1v) is 31.2. The number of aromatic nitrogens is 8. The van der Waals surface area contributed by atoms with Crippen molar-refractivity contribution in [2.75, 3.05) is 66.2 Å². The Morgan fingerprint density at radius 1 is 0.500 bits per heavy atom. The first-order valence-electron chi connectivity index (χ1n) is 30.4. The standard InChI is InChI=1S/C27H24FN7O2.C22H23ClFN5O2.C21H21ClFN5O2/c1-36-23-8-5-18(6-9-23)16-37-33-14-24-26(29)30-17-31-27(24)34-22-7-10-25-20(12-22)13-32-35(25)15-19-3-2-4-21(28)11-19;1-3-25-21-18(12-28-31-4-2)22(27-14-26-21)29-17-8-9-20(19(23)11-17)30-13-15-6-5-7-16(24)10-15;1-3-24-20-17(11-27-29-2)21(26-13-25-20)28-16-7-8-19(18(22)10-16)30-12-14-5-4-6-15(23)9-14/h2-14,17H,15-16H2,1H3,(H3,29,30,31,34);5-12,14H,3-4,13H2,1-2H3,(H2,25,26,27,29);4-11,13H,3,12H2,1-2H3,(H2,24,25,26,28)/b33-14+;28-12+;27-11+. The van der Waals surface area contributed by atoms with Crippen LogP contribution in [0.25, 0.3) is 10.9 Å². The molecule has 0 radical (unpaired) electrons. The van der Waals surface area contributed by atoms with Gasteiger partial charge in [0.25, 0.3) is 0 Å². The first-order chi connectivity index (χ1) is 47.8. The van der Waals surface area contributed by atoms with Gasteiger partial charge in [0.15, 0.2) is 0 Å². The summed E-state index contributed by atoms with van der Waals surface area (Å²) >= 11 is 12.8. The Morgan fingerprint density at radius 2 is 0.980 bits per heavy atom. The summed E-state index contributed by atoms with van der Waals surface area (Å²) in [5, 5.41) is 34.0. The highest BCUT2D eigenvalue weighted by molar-refractivity contribution is 6.32. The smallest absolute Gasteiger partial charge is 0.144 e. The fourth-order valence-corrected chi connectivity index (χ4v) is 9.63. The summed E-state index contributed by atoms with van der Waals surface area (Å²) in [6, 6.07) is 42.8. The number of hydrogen-bond acceptors (Lipinski definition) is 22. The normalized spacial score (nSPS) is 11.0. The molecule has 0 amide bonds. The quantitative estimate of drug-likeness (QED) is 0.0196. The molecular formula is C70H68Cl2F3N17O6. The van der Waals surface area contributed by atoms with Crippen LogP contribution in [-0.2, 0) is 40.9 Å². The highest BCUT2D eigenvalue weighted by atomic mass is 35.5. The molecule has 0 spiro atoms. The van der Waals surface area contributed by atoms with E-state index in [-0.39, 0.29) is 43.1 Å². The number of fused-ring (bicyclic) bond motifs is 1. The summed E-state index contributed by atoms with van der Waals surface area (Å²) in [6.45, 7) is 8.79. The second-order valence-electron chi connectivity index (χ2n) is 20.7. The number of nitrogen functional groups attached to an aromatic ring is 1. The van der Waals surface area contributed by atoms with Crippen molar-refractivity contribution < 1.29 is 41.9 Å². The van der Waals surface area contributed by atoms with E-state index in [0.29, 0.717) is 116 Å². The molecule has 7 aromatic carbocycles. The molecule has 11 rings (SSSR count). The molecule has 0 unspecified atom stereocenters. The molecular weight excluding hydrogens is 1300 g/mol. The average Bonchev–Trinajstić information content (AvgIpc) is 1.63. The van der Waals surface area contributed by atoms with Gasteiger partial charge in [0, 0.05) is 35.5 Å². The van der Waals surface area contributed by atoms with Gasteiger partial charge in [-0.1, -0.05) is 87.2 Å². The largest absolute Gasteiger partial charge is 0.497 e. The van der Waals surface area contributed by atoms with E-state index >= 15 is 0 Å². The van der Waals surface area contributed by atoms with Crippen molar-refractivity contribution in [2.45, 2.75) is 47.1 Å². The van der Waals surface area contributed by atoms with Gasteiger partial charge in [-0.25, -0.2) is 43.1 Å². The van der Waals surface area contributed by atoms with E-state index in [1.54, 1.807) is 80.2 Å². The van der Waals surface area contributed by atoms with Gasteiger partial charge in [-0.15, -0.1) is 0 Å². The summed E-state index contributed by atoms with van der Waals surface area (Å²) in [7, 11) is 3.08. The van der Waals surface area contributed by atoms with Crippen LogP contribution in [0.15, 0.2) is 192 Å². The average molecular weight is 1370 g/mol. The van der Waals surface area contributed by atoms with Gasteiger partial charge in [0.2, 0.25) is 0 Å². The van der Waals surface area contributed by atoms with Gasteiger partial charge in [0.1, 0.15) is 122 Å². The summed E-state index contributed by atoms with van der Waals surface area (Å²) in [5.74, 6) is 3.94. The molecule has 23 nitrogen and oxygen atoms in total. The Morgan fingerprint density at radius 3 is 1.50 bits per heavy atom. The maximum atomic E-state index is 13.6. The zero-order valence-electron chi connectivity index (χ0n) is 53.8. The zero-order valence-corrected chi connectivity index (χ0v) is 55.3. The summed E-state index contributed by atoms with van der Waals surface area (Å²) in [4.78, 5) is 40.8. The van der Waals surface area contributed by atoms with Crippen LogP contribution in [0.4, 0.5) is 65.1 Å². The van der Waals surface area contributed by atoms with Crippen LogP contribution >= 0.6 is 23.2 Å². The van der Waals surface area contributed by atoms with Crippen molar-refractivity contribution in [3.63, 3.8) is 0 Å². The van der Waals surface area contributed by atoms with E-state index in [0.717, 1.165) is 33.5 Å². The minimum Gasteiger partial charge on any atom is -0.497 e. The van der Waals surface area contributed by atoms with Crippen molar-refractivity contribution in [1.82, 2.24) is 39.7 Å². The molecule has 0 aliphatic heterocycles. The van der Waals surface area contributed by atoms with Crippen molar-refractivity contribution in [1.29, 1.82) is 0 Å². The predicted molar refractivity (Wildman–Crippen MR) is 377 cm³/mol. The van der Waals surface area contributed by atoms with Crippen molar-refractivity contribution >= 4 is 105 Å². The van der Waals surface area contributed by atoms with Crippen LogP contribution in [0.5, 0.6) is 17.2 Å². The van der Waals surface area contributed by atoms with Gasteiger partial charge in [-0.05, 0) is 146 Å². The number of nitrogens with zero attached hydrogens (tertiary/aromatic N) is 11. The number of rotatable bonds is 28. The SMILES string of the molecule is CCNc1ncnc(Nc2ccc(OCc3cccc(F)c3)c(Cl)c2)c1/C=N/OC.CCNc1ncnc(Nc2ccc(OCc3cccc(F)c3)c(Cl)c2)c1/C=N/OCC.COc1ccc(CO/N=C/c2c(N)ncnc2Nc2ccc3c(cnn3Cc3cccc(F)c3)c2)cc1. The number of benzene rings is 7. The number of methoxy groups -OCH3 is 1. The monoisotopic (exact) mass is 1370 g/mol. The molecule has 0 aliphatic carbocycles. The molecule has 0 saturated carbocycles. The van der Waals surface area contributed by atoms with Gasteiger partial charge in [-0.3, -0.25) is 4.68 Å². The fourth-order valence-electron chi connectivity index (χ4n) is 9.16. The Hall–Kier alpha value is -11.8. The van der Waals surface area contributed by atoms with E-state index in [1.165, 1.54) is 74.9 Å². The van der Waals surface area contributed by atoms with E-state index in [4.69, 9.17) is 57.7 Å². The van der Waals surface area contributed by atoms with Crippen LogP contribution in [-0.4, -0.2) is 92.2 Å². The Bertz CT molecular complexity index is 4520. The second kappa shape index (κ2) is 36.2. The minimum atomic E-state index is -0.309. The van der Waals surface area contributed by atoms with Crippen molar-refractivity contribution in [2.24, 2.45) is 15.5 Å². The predicted octanol–water partition coefficient (Wildman–Crippen LogP) is 15.3. The molecule has 98 heavy (non-hydrogen) atoms. The van der Waals surface area contributed by atoms with Crippen LogP contribution in [0.1, 0.15) is 59.7 Å². The zero-order chi connectivity index (χ0) is 69.0. The molecule has 0 saturated heterocycles. The molecule has 0 aliphatic rings. The lowest BCUT2D eigenvalue weighted by atomic mass is 10.2. The van der Waals surface area contributed by atoms with Crippen LogP contribution in [0.2, 0.25) is 10.0 Å². The molecule has 0 atom stereocenters. The maximum absolute atomic E-state index is 13.6. The molecule has 504 valence electrons. The maximum Gasteiger partial charge on any atom is 0.144 e. The van der Waals surface area contributed by atoms with Crippen molar-refractivity contribution in [3.8, 4) is 17.2 Å². The number of oxime groups is 3. The highest BCUT2D eigenvalue weighted by Crippen LogP contribution is 2.33. The molecule has 11 aromatic rings. The number of nitrogens with two attached hydrogens (primary N) is 1. The van der Waals surface area contributed by atoms with Crippen LogP contribution < -0.4 is 46.5 Å². The second-order valence-corrected chi connectivity index (χ2v) is 21.5. The van der Waals surface area contributed by atoms with Gasteiger partial charge in [0.05, 0.1) is 70.7 Å². The van der Waals surface area contributed by atoms with Gasteiger partial charge in [-0.2, -0.15) is 5.10 Å². The van der Waals surface area contributed by atoms with Crippen LogP contribution in [0, 0.1) is 17.5 Å². The number of nitrogens with one attached hydrogen (secondary N) is 5. The van der Waals surface area contributed by atoms with E-state index in [2.05, 4.69) is 77.1 Å². The Kier molecular flexibility index (Phi) is 26.1. The Balaban J connectivity index is 0.000000173. The molecule has 0 fully saturated rings. The fraction of sp³-hybridized carbons (Fsp3) is 0.171. The third kappa shape index (κ3) is 20.6. The minimum absolute atomic E-state index is 0.208. The first kappa shape index (κ1) is 70.5. The molecule has 4 aromatic heterocycles. The molecule has 0 bridgehead atoms. The topological polar surface area (TPSA) is 274 Å². The number of halogens is 5. The third-order valence-corrected chi connectivity index (χ3v) is 14.4. The molecule has 28 heteroatoms. The molecule has 7 N–H and O–H groups in total. The number of hydrogen-bond donors (Lipinski definition) is 6. The Labute approximate surface area is 572 Å². The lowest BCUT2D eigenvalue weighted by molar-refractivity contribution is 0.132. The lowest BCUT2D eigenvalue weighted by Gasteiger charge is -2.14. The third-order valence-electron chi connectivity index (χ3n) is 13.8. The summed E-state index contributed by atoms with van der Waals surface area (Å²) in [5.41, 5.74) is 14.2. The van der Waals surface area contributed by atoms with E-state index < -0.39 is 0 Å². The van der Waals surface area contributed by atoms with E-state index in [9.17, 15) is 13.2 Å². The number of ether oxygens (including phenoxy) is 3. The van der Waals surface area contributed by atoms with Gasteiger partial charge >= 0.3 is 0 Å². The van der Waals surface area contributed by atoms with Gasteiger partial charge < -0.3 is 61.0 Å². The summed E-state index contributed by atoms with van der Waals surface area (Å²) in [6.07, 6.45) is 10.6.